The zero-order chi connectivity index (χ0) is 24.4. The van der Waals surface area contributed by atoms with Gasteiger partial charge < -0.3 is 20.3 Å². The van der Waals surface area contributed by atoms with Gasteiger partial charge in [0.2, 0.25) is 0 Å². The Morgan fingerprint density at radius 1 is 1.15 bits per heavy atom. The van der Waals surface area contributed by atoms with Crippen molar-refractivity contribution in [1.82, 2.24) is 9.80 Å². The number of ether oxygens (including phenoxy) is 1. The maximum absolute atomic E-state index is 12.8. The molecular formula is C27H42N3O2P. The minimum atomic E-state index is 0.0535. The van der Waals surface area contributed by atoms with Crippen LogP contribution in [0.1, 0.15) is 64.5 Å². The van der Waals surface area contributed by atoms with Crippen LogP contribution in [-0.2, 0) is 4.79 Å². The largest absolute Gasteiger partial charge is 0.496 e. The number of hydrogen-bond donors (Lipinski definition) is 1. The average Bonchev–Trinajstić information content (AvgIpc) is 2.85. The van der Waals surface area contributed by atoms with E-state index in [1.165, 1.54) is 12.8 Å². The molecule has 1 fully saturated rings. The Balaban J connectivity index is 0.000000582. The molecule has 2 unspecified atom stereocenters. The summed E-state index contributed by atoms with van der Waals surface area (Å²) in [6, 6.07) is 6.42. The quantitative estimate of drug-likeness (QED) is 0.559. The van der Waals surface area contributed by atoms with Crippen LogP contribution in [0.15, 0.2) is 48.3 Å². The summed E-state index contributed by atoms with van der Waals surface area (Å²) in [6.45, 7) is 12.3. The van der Waals surface area contributed by atoms with Gasteiger partial charge in [-0.15, -0.1) is 0 Å². The molecule has 5 nitrogen and oxygen atoms in total. The second-order valence-corrected chi connectivity index (χ2v) is 9.73. The third-order valence-corrected chi connectivity index (χ3v) is 7.47. The van der Waals surface area contributed by atoms with Crippen molar-refractivity contribution in [3.63, 3.8) is 0 Å². The summed E-state index contributed by atoms with van der Waals surface area (Å²) >= 11 is 0. The molecule has 0 saturated carbocycles. The summed E-state index contributed by atoms with van der Waals surface area (Å²) < 4.78 is 5.35. The van der Waals surface area contributed by atoms with Crippen molar-refractivity contribution in [2.24, 2.45) is 5.73 Å². The lowest BCUT2D eigenvalue weighted by atomic mass is 10.1. The summed E-state index contributed by atoms with van der Waals surface area (Å²) in [7, 11) is 2.21. The van der Waals surface area contributed by atoms with E-state index in [-0.39, 0.29) is 11.7 Å². The number of likely N-dealkylation sites (tertiary alicyclic amines) is 1. The van der Waals surface area contributed by atoms with Crippen LogP contribution in [0, 0.1) is 6.92 Å². The number of methoxy groups -OCH3 is 1. The SMILES string of the molecule is CC.CCCC.COc1ccc(C2=CC(=O)N3C=C(N4CCC(N)CC4)C=CC3P2)cc1C. The maximum atomic E-state index is 12.8. The van der Waals surface area contributed by atoms with E-state index in [2.05, 4.69) is 37.0 Å². The maximum Gasteiger partial charge on any atom is 0.252 e. The van der Waals surface area contributed by atoms with Crippen molar-refractivity contribution >= 4 is 19.8 Å². The second kappa shape index (κ2) is 13.6. The van der Waals surface area contributed by atoms with Crippen LogP contribution in [0.25, 0.3) is 5.31 Å². The lowest BCUT2D eigenvalue weighted by Gasteiger charge is -2.38. The molecule has 6 heteroatoms. The summed E-state index contributed by atoms with van der Waals surface area (Å²) in [6.07, 6.45) is 12.8. The number of unbranched alkanes of at least 4 members (excludes halogenated alkanes) is 1. The van der Waals surface area contributed by atoms with E-state index in [0.29, 0.717) is 14.6 Å². The molecule has 1 aromatic carbocycles. The predicted octanol–water partition coefficient (Wildman–Crippen LogP) is 5.86. The highest BCUT2D eigenvalue weighted by atomic mass is 31.1. The van der Waals surface area contributed by atoms with Crippen molar-refractivity contribution < 1.29 is 9.53 Å². The molecule has 3 aliphatic rings. The standard InChI is InChI=1S/C21H26N3O2P.C4H10.C2H6/c1-14-11-15(3-5-18(14)26-2)19-12-20(25)24-13-17(4-6-21(24)27-19)23-9-7-16(22)8-10-23;1-3-4-2;1-2/h3-6,11-13,16,21,27H,7-10,22H2,1-2H3;3-4H2,1-2H3;1-2H3. The highest BCUT2D eigenvalue weighted by Gasteiger charge is 2.30. The van der Waals surface area contributed by atoms with Crippen LogP contribution < -0.4 is 10.5 Å². The molecule has 4 rings (SSSR count). The van der Waals surface area contributed by atoms with Gasteiger partial charge in [0.1, 0.15) is 5.75 Å². The van der Waals surface area contributed by atoms with E-state index >= 15 is 0 Å². The molecule has 0 bridgehead atoms. The monoisotopic (exact) mass is 471 g/mol. The number of amides is 1. The van der Waals surface area contributed by atoms with Crippen LogP contribution in [-0.4, -0.2) is 47.7 Å². The van der Waals surface area contributed by atoms with E-state index < -0.39 is 0 Å². The van der Waals surface area contributed by atoms with Crippen LogP contribution in [0.4, 0.5) is 0 Å². The number of carbonyl (C=O) groups is 1. The number of allylic oxidation sites excluding steroid dienone is 1. The summed E-state index contributed by atoms with van der Waals surface area (Å²) in [4.78, 5) is 17.0. The molecule has 2 N–H and O–H groups in total. The van der Waals surface area contributed by atoms with Gasteiger partial charge in [-0.3, -0.25) is 4.79 Å². The van der Waals surface area contributed by atoms with Crippen LogP contribution in [0.3, 0.4) is 0 Å². The third-order valence-electron chi connectivity index (χ3n) is 5.96. The van der Waals surface area contributed by atoms with Crippen LogP contribution in [0.2, 0.25) is 0 Å². The first-order chi connectivity index (χ1) is 16.0. The second-order valence-electron chi connectivity index (χ2n) is 8.31. The van der Waals surface area contributed by atoms with Crippen LogP contribution >= 0.6 is 8.58 Å². The summed E-state index contributed by atoms with van der Waals surface area (Å²) in [5.74, 6) is 1.03. The lowest BCUT2D eigenvalue weighted by molar-refractivity contribution is -0.123. The van der Waals surface area contributed by atoms with E-state index in [1.807, 2.05) is 44.0 Å². The highest BCUT2D eigenvalue weighted by molar-refractivity contribution is 7.51. The number of piperidine rings is 1. The Morgan fingerprint density at radius 2 is 1.82 bits per heavy atom. The fraction of sp³-hybridized carbons (Fsp3) is 0.519. The lowest BCUT2D eigenvalue weighted by Crippen LogP contribution is -2.42. The van der Waals surface area contributed by atoms with E-state index in [1.54, 1.807) is 13.2 Å². The molecule has 0 aromatic heterocycles. The van der Waals surface area contributed by atoms with Crippen molar-refractivity contribution in [2.45, 2.75) is 72.1 Å². The number of carbonyl (C=O) groups excluding carboxylic acids is 1. The van der Waals surface area contributed by atoms with Gasteiger partial charge in [-0.25, -0.2) is 0 Å². The fourth-order valence-corrected chi connectivity index (χ4v) is 5.20. The molecule has 182 valence electrons. The normalized spacial score (nSPS) is 20.7. The molecule has 0 radical (unpaired) electrons. The number of benzene rings is 1. The first-order valence-electron chi connectivity index (χ1n) is 12.3. The van der Waals surface area contributed by atoms with Crippen LogP contribution in [0.5, 0.6) is 5.75 Å². The van der Waals surface area contributed by atoms with Gasteiger partial charge in [-0.1, -0.05) is 61.3 Å². The summed E-state index contributed by atoms with van der Waals surface area (Å²) in [5.41, 5.74) is 9.32. The first kappa shape index (κ1) is 27.1. The molecule has 1 saturated heterocycles. The third kappa shape index (κ3) is 7.19. The van der Waals surface area contributed by atoms with Gasteiger partial charge in [0.25, 0.3) is 5.91 Å². The zero-order valence-corrected chi connectivity index (χ0v) is 22.2. The van der Waals surface area contributed by atoms with Gasteiger partial charge in [-0.05, 0) is 54.4 Å². The van der Waals surface area contributed by atoms with Crippen molar-refractivity contribution in [3.8, 4) is 5.75 Å². The Hall–Kier alpha value is -2.10. The highest BCUT2D eigenvalue weighted by Crippen LogP contribution is 2.45. The number of nitrogens with zero attached hydrogens (tertiary/aromatic N) is 2. The predicted molar refractivity (Wildman–Crippen MR) is 143 cm³/mol. The van der Waals surface area contributed by atoms with Crippen molar-refractivity contribution in [3.05, 3.63) is 59.5 Å². The average molecular weight is 472 g/mol. The van der Waals surface area contributed by atoms with E-state index in [9.17, 15) is 4.79 Å². The topological polar surface area (TPSA) is 58.8 Å². The number of nitrogens with two attached hydrogens (primary N) is 1. The van der Waals surface area contributed by atoms with E-state index in [4.69, 9.17) is 10.5 Å². The van der Waals surface area contributed by atoms with Gasteiger partial charge >= 0.3 is 0 Å². The minimum absolute atomic E-state index is 0.0535. The van der Waals surface area contributed by atoms with Gasteiger partial charge in [-0.2, -0.15) is 0 Å². The molecule has 0 spiro atoms. The Labute approximate surface area is 202 Å². The Kier molecular flexibility index (Phi) is 11.2. The molecule has 3 heterocycles. The number of rotatable bonds is 4. The van der Waals surface area contributed by atoms with Crippen molar-refractivity contribution in [2.75, 3.05) is 20.2 Å². The van der Waals surface area contributed by atoms with E-state index in [0.717, 1.165) is 53.8 Å². The van der Waals surface area contributed by atoms with Gasteiger partial charge in [0.05, 0.1) is 18.6 Å². The van der Waals surface area contributed by atoms with Gasteiger partial charge in [0, 0.05) is 31.4 Å². The molecule has 3 aliphatic heterocycles. The molecular weight excluding hydrogens is 429 g/mol. The fourth-order valence-electron chi connectivity index (χ4n) is 3.82. The smallest absolute Gasteiger partial charge is 0.252 e. The molecule has 33 heavy (non-hydrogen) atoms. The number of hydrogen-bond acceptors (Lipinski definition) is 4. The minimum Gasteiger partial charge on any atom is -0.496 e. The van der Waals surface area contributed by atoms with Gasteiger partial charge in [0.15, 0.2) is 0 Å². The molecule has 2 atom stereocenters. The summed E-state index contributed by atoms with van der Waals surface area (Å²) in [5, 5.41) is 1.11. The zero-order valence-electron chi connectivity index (χ0n) is 21.2. The molecule has 1 amide bonds. The number of aryl methyl sites for hydroxylation is 1. The molecule has 1 aromatic rings. The first-order valence-corrected chi connectivity index (χ1v) is 13.4. The number of fused-ring (bicyclic) bond motifs is 1. The molecule has 0 aliphatic carbocycles. The Morgan fingerprint density at radius 3 is 2.39 bits per heavy atom. The van der Waals surface area contributed by atoms with Crippen molar-refractivity contribution in [1.29, 1.82) is 0 Å². The Bertz CT molecular complexity index is 868.